The topological polar surface area (TPSA) is 50.8 Å². The van der Waals surface area contributed by atoms with Crippen LogP contribution in [-0.2, 0) is 14.3 Å². The van der Waals surface area contributed by atoms with Crippen molar-refractivity contribution in [3.05, 3.63) is 0 Å². The second kappa shape index (κ2) is 8.45. The number of rotatable bonds is 4. The monoisotopic (exact) mass is 324 g/mol. The molecule has 2 saturated heterocycles. The Labute approximate surface area is 140 Å². The van der Waals surface area contributed by atoms with Gasteiger partial charge in [0.25, 0.3) is 0 Å². The van der Waals surface area contributed by atoms with Gasteiger partial charge in [-0.3, -0.25) is 4.79 Å². The molecule has 3 fully saturated rings. The lowest BCUT2D eigenvalue weighted by molar-refractivity contribution is -0.130. The number of carbonyl (C=O) groups is 1. The van der Waals surface area contributed by atoms with Crippen molar-refractivity contribution in [2.75, 3.05) is 33.4 Å². The maximum absolute atomic E-state index is 12.6. The second-order valence-corrected chi connectivity index (χ2v) is 7.35. The second-order valence-electron chi connectivity index (χ2n) is 7.35. The summed E-state index contributed by atoms with van der Waals surface area (Å²) in [5.41, 5.74) is 0. The van der Waals surface area contributed by atoms with E-state index in [0.29, 0.717) is 13.2 Å². The van der Waals surface area contributed by atoms with Crippen LogP contribution in [0.25, 0.3) is 0 Å². The van der Waals surface area contributed by atoms with Gasteiger partial charge in [-0.05, 0) is 45.2 Å². The van der Waals surface area contributed by atoms with Crippen LogP contribution in [0.1, 0.15) is 51.4 Å². The number of piperidine rings is 1. The average Bonchev–Trinajstić information content (AvgIpc) is 2.63. The van der Waals surface area contributed by atoms with Crippen LogP contribution < -0.4 is 5.32 Å². The molecule has 2 heterocycles. The van der Waals surface area contributed by atoms with E-state index in [-0.39, 0.29) is 24.0 Å². The molecule has 0 aromatic carbocycles. The smallest absolute Gasteiger partial charge is 0.223 e. The number of hydrogen-bond donors (Lipinski definition) is 1. The van der Waals surface area contributed by atoms with Crippen LogP contribution in [0.3, 0.4) is 0 Å². The van der Waals surface area contributed by atoms with Crippen molar-refractivity contribution in [2.45, 2.75) is 69.6 Å². The summed E-state index contributed by atoms with van der Waals surface area (Å²) in [5.74, 6) is 0.400. The predicted octanol–water partition coefficient (Wildman–Crippen LogP) is 1.95. The number of nitrogens with one attached hydrogen (secondary N) is 1. The highest BCUT2D eigenvalue weighted by Crippen LogP contribution is 2.27. The molecular formula is C18H32N2O3. The van der Waals surface area contributed by atoms with Gasteiger partial charge in [0.05, 0.1) is 12.6 Å². The molecule has 3 aliphatic rings. The minimum atomic E-state index is -0.00460. The molecule has 3 rings (SSSR count). The summed E-state index contributed by atoms with van der Waals surface area (Å²) in [6.07, 6.45) is 9.73. The number of methoxy groups -OCH3 is 1. The van der Waals surface area contributed by atoms with Crippen LogP contribution in [0.2, 0.25) is 0 Å². The minimum absolute atomic E-state index is 0.00460. The van der Waals surface area contributed by atoms with E-state index in [1.807, 2.05) is 0 Å². The summed E-state index contributed by atoms with van der Waals surface area (Å²) in [4.78, 5) is 15.2. The molecule has 0 spiro atoms. The van der Waals surface area contributed by atoms with Gasteiger partial charge in [-0.1, -0.05) is 19.3 Å². The van der Waals surface area contributed by atoms with Crippen LogP contribution in [0.5, 0.6) is 0 Å². The van der Waals surface area contributed by atoms with Crippen molar-refractivity contribution in [1.82, 2.24) is 10.2 Å². The van der Waals surface area contributed by atoms with E-state index in [0.717, 1.165) is 38.4 Å². The fourth-order valence-corrected chi connectivity index (χ4v) is 4.38. The normalized spacial score (nSPS) is 31.9. The number of amides is 1. The molecule has 1 N–H and O–H groups in total. The Hall–Kier alpha value is -0.650. The van der Waals surface area contributed by atoms with Gasteiger partial charge in [0.15, 0.2) is 0 Å². The van der Waals surface area contributed by atoms with Gasteiger partial charge in [0, 0.05) is 25.7 Å². The maximum Gasteiger partial charge on any atom is 0.223 e. The highest BCUT2D eigenvalue weighted by atomic mass is 16.5. The van der Waals surface area contributed by atoms with Crippen molar-refractivity contribution < 1.29 is 14.3 Å². The molecule has 0 aromatic rings. The van der Waals surface area contributed by atoms with Crippen LogP contribution in [0.15, 0.2) is 0 Å². The Bertz CT molecular complexity index is 376. The highest BCUT2D eigenvalue weighted by Gasteiger charge is 2.32. The van der Waals surface area contributed by atoms with Crippen molar-refractivity contribution in [3.8, 4) is 0 Å². The van der Waals surface area contributed by atoms with E-state index < -0.39 is 0 Å². The number of ether oxygens (including phenoxy) is 2. The molecule has 0 radical (unpaired) electrons. The number of nitrogens with zero attached hydrogens (tertiary/aromatic N) is 1. The molecule has 2 atom stereocenters. The summed E-state index contributed by atoms with van der Waals surface area (Å²) in [6.45, 7) is 3.47. The lowest BCUT2D eigenvalue weighted by Crippen LogP contribution is -2.52. The summed E-state index contributed by atoms with van der Waals surface area (Å²) >= 11 is 0. The third kappa shape index (κ3) is 4.46. The van der Waals surface area contributed by atoms with Crippen LogP contribution in [-0.4, -0.2) is 62.4 Å². The first kappa shape index (κ1) is 17.2. The van der Waals surface area contributed by atoms with E-state index in [4.69, 9.17) is 9.47 Å². The zero-order chi connectivity index (χ0) is 16.1. The maximum atomic E-state index is 12.6. The molecule has 0 bridgehead atoms. The van der Waals surface area contributed by atoms with E-state index in [1.54, 1.807) is 7.11 Å². The Morgan fingerprint density at radius 1 is 1.09 bits per heavy atom. The van der Waals surface area contributed by atoms with Gasteiger partial charge in [0.1, 0.15) is 6.10 Å². The van der Waals surface area contributed by atoms with E-state index in [9.17, 15) is 4.79 Å². The first-order valence-corrected chi connectivity index (χ1v) is 9.43. The molecule has 0 unspecified atom stereocenters. The number of hydrogen-bond acceptors (Lipinski definition) is 4. The minimum Gasteiger partial charge on any atom is -0.379 e. The van der Waals surface area contributed by atoms with Gasteiger partial charge in [0.2, 0.25) is 5.91 Å². The van der Waals surface area contributed by atoms with Crippen molar-refractivity contribution in [2.24, 2.45) is 5.92 Å². The van der Waals surface area contributed by atoms with Gasteiger partial charge in [-0.15, -0.1) is 0 Å². The third-order valence-electron chi connectivity index (χ3n) is 5.93. The predicted molar refractivity (Wildman–Crippen MR) is 89.3 cm³/mol. The third-order valence-corrected chi connectivity index (χ3v) is 5.93. The van der Waals surface area contributed by atoms with Gasteiger partial charge < -0.3 is 19.7 Å². The lowest BCUT2D eigenvalue weighted by Gasteiger charge is -2.39. The molecule has 5 heteroatoms. The number of likely N-dealkylation sites (tertiary alicyclic amines) is 1. The zero-order valence-electron chi connectivity index (χ0n) is 14.5. The molecule has 2 aliphatic heterocycles. The van der Waals surface area contributed by atoms with E-state index in [2.05, 4.69) is 10.2 Å². The van der Waals surface area contributed by atoms with E-state index in [1.165, 1.54) is 32.1 Å². The Morgan fingerprint density at radius 3 is 2.52 bits per heavy atom. The zero-order valence-corrected chi connectivity index (χ0v) is 14.5. The Kier molecular flexibility index (Phi) is 6.31. The fourth-order valence-electron chi connectivity index (χ4n) is 4.38. The molecule has 5 nitrogen and oxygen atoms in total. The summed E-state index contributed by atoms with van der Waals surface area (Å²) < 4.78 is 10.9. The van der Waals surface area contributed by atoms with Crippen LogP contribution in [0.4, 0.5) is 0 Å². The standard InChI is InChI=1S/C18H32N2O3/c1-22-17-13-23-12-9-16(17)19-18(21)14-7-10-20(11-8-14)15-5-3-2-4-6-15/h14-17H,2-13H2,1H3,(H,19,21)/t16-,17-/m1/s1. The van der Waals surface area contributed by atoms with Gasteiger partial charge >= 0.3 is 0 Å². The molecule has 132 valence electrons. The van der Waals surface area contributed by atoms with E-state index >= 15 is 0 Å². The molecule has 1 aliphatic carbocycles. The molecule has 1 amide bonds. The summed E-state index contributed by atoms with van der Waals surface area (Å²) in [6, 6.07) is 0.888. The van der Waals surface area contributed by atoms with Crippen molar-refractivity contribution >= 4 is 5.91 Å². The Balaban J connectivity index is 1.44. The highest BCUT2D eigenvalue weighted by molar-refractivity contribution is 5.79. The van der Waals surface area contributed by atoms with Gasteiger partial charge in [-0.25, -0.2) is 0 Å². The molecule has 23 heavy (non-hydrogen) atoms. The molecular weight excluding hydrogens is 292 g/mol. The van der Waals surface area contributed by atoms with Crippen molar-refractivity contribution in [1.29, 1.82) is 0 Å². The average molecular weight is 324 g/mol. The molecule has 1 saturated carbocycles. The first-order valence-electron chi connectivity index (χ1n) is 9.43. The fraction of sp³-hybridized carbons (Fsp3) is 0.944. The molecule has 0 aromatic heterocycles. The summed E-state index contributed by atoms with van der Waals surface area (Å²) in [5, 5.41) is 3.22. The Morgan fingerprint density at radius 2 is 1.83 bits per heavy atom. The van der Waals surface area contributed by atoms with Crippen LogP contribution in [0, 0.1) is 5.92 Å². The largest absolute Gasteiger partial charge is 0.379 e. The number of carbonyl (C=O) groups excluding carboxylic acids is 1. The lowest BCUT2D eigenvalue weighted by atomic mass is 9.89. The van der Waals surface area contributed by atoms with Crippen LogP contribution >= 0.6 is 0 Å². The quantitative estimate of drug-likeness (QED) is 0.859. The van der Waals surface area contributed by atoms with Gasteiger partial charge in [-0.2, -0.15) is 0 Å². The first-order chi connectivity index (χ1) is 11.3. The summed E-state index contributed by atoms with van der Waals surface area (Å²) in [7, 11) is 1.70. The SMILES string of the molecule is CO[C@@H]1COCC[C@H]1NC(=O)C1CCN(C2CCCCC2)CC1. The van der Waals surface area contributed by atoms with Crippen molar-refractivity contribution in [3.63, 3.8) is 0 Å².